The first kappa shape index (κ1) is 15.7. The molecule has 1 rings (SSSR count). The van der Waals surface area contributed by atoms with Gasteiger partial charge in [-0.3, -0.25) is 4.79 Å². The van der Waals surface area contributed by atoms with Crippen LogP contribution in [0.2, 0.25) is 0 Å². The highest BCUT2D eigenvalue weighted by atomic mass is 16.6. The maximum atomic E-state index is 12.0. The fraction of sp³-hybridized carbons (Fsp3) is 0.312. The number of carbonyl (C=O) groups is 2. The summed E-state index contributed by atoms with van der Waals surface area (Å²) in [5, 5.41) is 0. The van der Waals surface area contributed by atoms with Crippen molar-refractivity contribution >= 4 is 11.9 Å². The highest BCUT2D eigenvalue weighted by molar-refractivity contribution is 5.89. The zero-order valence-electron chi connectivity index (χ0n) is 11.7. The maximum Gasteiger partial charge on any atom is 0.346 e. The first-order valence-corrected chi connectivity index (χ1v) is 6.36. The summed E-state index contributed by atoms with van der Waals surface area (Å²) < 4.78 is 10.2. The van der Waals surface area contributed by atoms with Crippen LogP contribution in [0.1, 0.15) is 25.8 Å². The van der Waals surface area contributed by atoms with Crippen molar-refractivity contribution < 1.29 is 19.1 Å². The van der Waals surface area contributed by atoms with Crippen LogP contribution in [0.4, 0.5) is 0 Å². The van der Waals surface area contributed by atoms with Gasteiger partial charge in [0, 0.05) is 6.92 Å². The molecule has 0 amide bonds. The van der Waals surface area contributed by atoms with Gasteiger partial charge in [-0.05, 0) is 12.0 Å². The summed E-state index contributed by atoms with van der Waals surface area (Å²) in [6.45, 7) is 6.70. The largest absolute Gasteiger partial charge is 0.457 e. The van der Waals surface area contributed by atoms with Crippen molar-refractivity contribution in [2.45, 2.75) is 33.0 Å². The molecule has 0 aliphatic carbocycles. The molecule has 0 saturated carbocycles. The second kappa shape index (κ2) is 7.97. The summed E-state index contributed by atoms with van der Waals surface area (Å²) >= 11 is 0. The smallest absolute Gasteiger partial charge is 0.346 e. The molecule has 0 heterocycles. The Morgan fingerprint density at radius 1 is 1.30 bits per heavy atom. The molecule has 4 heteroatoms. The average molecular weight is 274 g/mol. The van der Waals surface area contributed by atoms with Crippen LogP contribution >= 0.6 is 0 Å². The Labute approximate surface area is 118 Å². The van der Waals surface area contributed by atoms with E-state index in [4.69, 9.17) is 9.47 Å². The topological polar surface area (TPSA) is 52.6 Å². The Hall–Kier alpha value is -2.32. The molecule has 0 radical (unpaired) electrons. The fourth-order valence-corrected chi connectivity index (χ4v) is 1.67. The molecule has 0 aliphatic heterocycles. The highest BCUT2D eigenvalue weighted by Gasteiger charge is 2.23. The molecule has 0 aliphatic rings. The predicted molar refractivity (Wildman–Crippen MR) is 74.7 cm³/mol. The number of rotatable bonds is 6. The van der Waals surface area contributed by atoms with Gasteiger partial charge in [0.15, 0.2) is 0 Å². The van der Waals surface area contributed by atoms with E-state index < -0.39 is 18.0 Å². The van der Waals surface area contributed by atoms with E-state index in [0.29, 0.717) is 6.42 Å². The fourth-order valence-electron chi connectivity index (χ4n) is 1.67. The zero-order valence-corrected chi connectivity index (χ0v) is 11.7. The monoisotopic (exact) mass is 274 g/mol. The molecule has 0 bridgehead atoms. The lowest BCUT2D eigenvalue weighted by atomic mass is 10.1. The molecule has 0 N–H and O–H groups in total. The molecule has 0 aromatic heterocycles. The molecule has 20 heavy (non-hydrogen) atoms. The number of carbonyl (C=O) groups excluding carboxylic acids is 2. The van der Waals surface area contributed by atoms with Gasteiger partial charge in [0.2, 0.25) is 0 Å². The van der Waals surface area contributed by atoms with Crippen LogP contribution in [0.15, 0.2) is 48.2 Å². The molecule has 1 aromatic rings. The SMILES string of the molecule is C=C=C(C(=O)OCc1ccccc1)C(CC)OC(C)=O. The molecular formula is C16H18O4. The van der Waals surface area contributed by atoms with Crippen molar-refractivity contribution in [2.75, 3.05) is 0 Å². The van der Waals surface area contributed by atoms with E-state index in [1.807, 2.05) is 30.3 Å². The molecular weight excluding hydrogens is 256 g/mol. The quantitative estimate of drug-likeness (QED) is 0.455. The van der Waals surface area contributed by atoms with Crippen molar-refractivity contribution in [3.8, 4) is 0 Å². The van der Waals surface area contributed by atoms with Gasteiger partial charge < -0.3 is 9.47 Å². The van der Waals surface area contributed by atoms with Crippen LogP contribution in [0.5, 0.6) is 0 Å². The van der Waals surface area contributed by atoms with Gasteiger partial charge in [-0.2, -0.15) is 0 Å². The Morgan fingerprint density at radius 2 is 1.95 bits per heavy atom. The summed E-state index contributed by atoms with van der Waals surface area (Å²) in [7, 11) is 0. The van der Waals surface area contributed by atoms with Crippen LogP contribution in [0.3, 0.4) is 0 Å². The molecule has 1 aromatic carbocycles. The van der Waals surface area contributed by atoms with E-state index in [1.54, 1.807) is 6.92 Å². The van der Waals surface area contributed by atoms with E-state index in [0.717, 1.165) is 5.56 Å². The van der Waals surface area contributed by atoms with Crippen molar-refractivity contribution in [3.05, 3.63) is 53.8 Å². The molecule has 0 fully saturated rings. The van der Waals surface area contributed by atoms with Crippen LogP contribution < -0.4 is 0 Å². The molecule has 1 unspecified atom stereocenters. The Kier molecular flexibility index (Phi) is 6.27. The third-order valence-electron chi connectivity index (χ3n) is 2.62. The Balaban J connectivity index is 2.68. The van der Waals surface area contributed by atoms with Gasteiger partial charge in [0.25, 0.3) is 0 Å². The van der Waals surface area contributed by atoms with E-state index in [2.05, 4.69) is 12.3 Å². The van der Waals surface area contributed by atoms with Crippen LogP contribution in [0.25, 0.3) is 0 Å². The standard InChI is InChI=1S/C16H18O4/c1-4-14(15(5-2)20-12(3)17)16(18)19-11-13-9-7-6-8-10-13/h6-10,15H,1,5,11H2,2-3H3. The zero-order chi connectivity index (χ0) is 15.0. The van der Waals surface area contributed by atoms with E-state index >= 15 is 0 Å². The van der Waals surface area contributed by atoms with E-state index in [1.165, 1.54) is 6.92 Å². The average Bonchev–Trinajstić information content (AvgIpc) is 2.45. The van der Waals surface area contributed by atoms with Crippen LogP contribution in [-0.4, -0.2) is 18.0 Å². The van der Waals surface area contributed by atoms with Crippen molar-refractivity contribution in [2.24, 2.45) is 0 Å². The van der Waals surface area contributed by atoms with Gasteiger partial charge in [-0.1, -0.05) is 43.8 Å². The molecule has 4 nitrogen and oxygen atoms in total. The second-order valence-electron chi connectivity index (χ2n) is 4.16. The second-order valence-corrected chi connectivity index (χ2v) is 4.16. The summed E-state index contributed by atoms with van der Waals surface area (Å²) in [5.74, 6) is -1.03. The third kappa shape index (κ3) is 4.75. The van der Waals surface area contributed by atoms with Crippen molar-refractivity contribution in [1.29, 1.82) is 0 Å². The lowest BCUT2D eigenvalue weighted by Crippen LogP contribution is -2.24. The number of hydrogen-bond acceptors (Lipinski definition) is 4. The molecule has 1 atom stereocenters. The lowest BCUT2D eigenvalue weighted by molar-refractivity contribution is -0.148. The minimum absolute atomic E-state index is 0.138. The third-order valence-corrected chi connectivity index (χ3v) is 2.62. The van der Waals surface area contributed by atoms with Crippen LogP contribution in [0, 0.1) is 0 Å². The summed E-state index contributed by atoms with van der Waals surface area (Å²) in [4.78, 5) is 23.0. The molecule has 106 valence electrons. The van der Waals surface area contributed by atoms with Gasteiger partial charge in [-0.15, -0.1) is 5.73 Å². The number of esters is 2. The minimum atomic E-state index is -0.673. The molecule has 0 spiro atoms. The van der Waals surface area contributed by atoms with Gasteiger partial charge in [-0.25, -0.2) is 4.79 Å². The summed E-state index contributed by atoms with van der Waals surface area (Å²) in [5.41, 5.74) is 3.53. The van der Waals surface area contributed by atoms with Gasteiger partial charge in [0.05, 0.1) is 0 Å². The van der Waals surface area contributed by atoms with E-state index in [9.17, 15) is 9.59 Å². The van der Waals surface area contributed by atoms with Crippen LogP contribution in [-0.2, 0) is 25.7 Å². The van der Waals surface area contributed by atoms with Crippen molar-refractivity contribution in [3.63, 3.8) is 0 Å². The van der Waals surface area contributed by atoms with Gasteiger partial charge >= 0.3 is 11.9 Å². The lowest BCUT2D eigenvalue weighted by Gasteiger charge is -2.16. The highest BCUT2D eigenvalue weighted by Crippen LogP contribution is 2.13. The number of ether oxygens (including phenoxy) is 2. The predicted octanol–water partition coefficient (Wildman–Crippen LogP) is 2.78. The van der Waals surface area contributed by atoms with E-state index in [-0.39, 0.29) is 12.2 Å². The maximum absolute atomic E-state index is 12.0. The first-order valence-electron chi connectivity index (χ1n) is 6.36. The Bertz CT molecular complexity index is 513. The number of benzene rings is 1. The number of hydrogen-bond donors (Lipinski definition) is 0. The summed E-state index contributed by atoms with van der Waals surface area (Å²) in [6, 6.07) is 9.32. The first-order chi connectivity index (χ1) is 9.58. The molecule has 0 saturated heterocycles. The Morgan fingerprint density at radius 3 is 2.45 bits per heavy atom. The summed E-state index contributed by atoms with van der Waals surface area (Å²) in [6.07, 6.45) is -0.217. The minimum Gasteiger partial charge on any atom is -0.457 e. The van der Waals surface area contributed by atoms with Gasteiger partial charge in [0.1, 0.15) is 18.3 Å². The normalized spacial score (nSPS) is 11.1. The van der Waals surface area contributed by atoms with Crippen molar-refractivity contribution in [1.82, 2.24) is 0 Å².